The van der Waals surface area contributed by atoms with E-state index >= 15 is 0 Å². The predicted molar refractivity (Wildman–Crippen MR) is 56.1 cm³/mol. The summed E-state index contributed by atoms with van der Waals surface area (Å²) in [5.41, 5.74) is 0.697. The van der Waals surface area contributed by atoms with Gasteiger partial charge in [0.25, 0.3) is 10.2 Å². The molecule has 1 rings (SSSR count). The maximum atomic E-state index is 10.7. The molecule has 0 aliphatic carbocycles. The molecule has 0 aliphatic heterocycles. The molecule has 0 bridgehead atoms. The van der Waals surface area contributed by atoms with Crippen molar-refractivity contribution in [3.63, 3.8) is 0 Å². The molecule has 0 fully saturated rings. The van der Waals surface area contributed by atoms with Crippen molar-refractivity contribution in [2.75, 3.05) is 0 Å². The Morgan fingerprint density at radius 2 is 2.00 bits per heavy atom. The first kappa shape index (κ1) is 11.5. The minimum Gasteiger partial charge on any atom is -0.216 e. The van der Waals surface area contributed by atoms with Gasteiger partial charge in [0.05, 0.1) is 0 Å². The Bertz CT molecular complexity index is 419. The molecule has 0 heterocycles. The van der Waals surface area contributed by atoms with Gasteiger partial charge in [0, 0.05) is 11.1 Å². The molecular formula is C8H11ClN2O2S. The SMILES string of the molecule is C[C@H](NS(N)(=O)=O)c1ccccc1Cl. The lowest BCUT2D eigenvalue weighted by Crippen LogP contribution is -2.33. The molecule has 0 spiro atoms. The maximum absolute atomic E-state index is 10.7. The Kier molecular flexibility index (Phi) is 3.49. The van der Waals surface area contributed by atoms with Gasteiger partial charge >= 0.3 is 0 Å². The van der Waals surface area contributed by atoms with Gasteiger partial charge in [-0.15, -0.1) is 0 Å². The second kappa shape index (κ2) is 4.27. The summed E-state index contributed by atoms with van der Waals surface area (Å²) in [5, 5.41) is 5.35. The molecule has 0 radical (unpaired) electrons. The van der Waals surface area contributed by atoms with Crippen molar-refractivity contribution in [2.45, 2.75) is 13.0 Å². The highest BCUT2D eigenvalue weighted by Crippen LogP contribution is 2.22. The van der Waals surface area contributed by atoms with Crippen LogP contribution in [0.5, 0.6) is 0 Å². The first-order valence-corrected chi connectivity index (χ1v) is 5.87. The predicted octanol–water partition coefficient (Wildman–Crippen LogP) is 1.19. The molecule has 6 heteroatoms. The van der Waals surface area contributed by atoms with Crippen LogP contribution in [0.2, 0.25) is 5.02 Å². The van der Waals surface area contributed by atoms with E-state index in [0.717, 1.165) is 0 Å². The van der Waals surface area contributed by atoms with Gasteiger partial charge in [0.1, 0.15) is 0 Å². The number of nitrogens with two attached hydrogens (primary N) is 1. The number of nitrogens with one attached hydrogen (secondary N) is 1. The first-order chi connectivity index (χ1) is 6.40. The standard InChI is InChI=1S/C8H11ClN2O2S/c1-6(11-14(10,12)13)7-4-2-3-5-8(7)9/h2-6,11H,1H3,(H2,10,12,13)/t6-/m0/s1. The van der Waals surface area contributed by atoms with Crippen molar-refractivity contribution in [3.8, 4) is 0 Å². The number of halogens is 1. The van der Waals surface area contributed by atoms with Crippen LogP contribution in [0.4, 0.5) is 0 Å². The van der Waals surface area contributed by atoms with Crippen molar-refractivity contribution in [1.29, 1.82) is 0 Å². The van der Waals surface area contributed by atoms with E-state index in [1.807, 2.05) is 0 Å². The third kappa shape index (κ3) is 3.26. The van der Waals surface area contributed by atoms with Crippen LogP contribution in [-0.4, -0.2) is 8.42 Å². The Labute approximate surface area is 88.3 Å². The molecule has 1 aromatic carbocycles. The lowest BCUT2D eigenvalue weighted by Gasteiger charge is -2.13. The monoisotopic (exact) mass is 234 g/mol. The average Bonchev–Trinajstić information content (AvgIpc) is 2.01. The van der Waals surface area contributed by atoms with E-state index in [-0.39, 0.29) is 0 Å². The molecule has 14 heavy (non-hydrogen) atoms. The highest BCUT2D eigenvalue weighted by atomic mass is 35.5. The molecule has 4 nitrogen and oxygen atoms in total. The molecule has 0 saturated heterocycles. The fraction of sp³-hybridized carbons (Fsp3) is 0.250. The summed E-state index contributed by atoms with van der Waals surface area (Å²) in [7, 11) is -3.70. The summed E-state index contributed by atoms with van der Waals surface area (Å²) >= 11 is 5.87. The third-order valence-corrected chi connectivity index (χ3v) is 2.74. The molecule has 3 N–H and O–H groups in total. The van der Waals surface area contributed by atoms with Crippen molar-refractivity contribution < 1.29 is 8.42 Å². The van der Waals surface area contributed by atoms with Gasteiger partial charge in [-0.05, 0) is 18.6 Å². The van der Waals surface area contributed by atoms with Crippen LogP contribution in [-0.2, 0) is 10.2 Å². The number of hydrogen-bond donors (Lipinski definition) is 2. The van der Waals surface area contributed by atoms with Crippen molar-refractivity contribution >= 4 is 21.8 Å². The van der Waals surface area contributed by atoms with Gasteiger partial charge in [0.15, 0.2) is 0 Å². The van der Waals surface area contributed by atoms with Crippen LogP contribution in [0.25, 0.3) is 0 Å². The number of benzene rings is 1. The Morgan fingerprint density at radius 3 is 2.50 bits per heavy atom. The minimum absolute atomic E-state index is 0.432. The van der Waals surface area contributed by atoms with Gasteiger partial charge in [-0.3, -0.25) is 0 Å². The molecule has 0 saturated carbocycles. The van der Waals surface area contributed by atoms with E-state index < -0.39 is 16.3 Å². The molecule has 1 aromatic rings. The summed E-state index contributed by atoms with van der Waals surface area (Å²) in [6.07, 6.45) is 0. The Balaban J connectivity index is 2.90. The maximum Gasteiger partial charge on any atom is 0.274 e. The summed E-state index contributed by atoms with van der Waals surface area (Å²) in [4.78, 5) is 0. The molecule has 78 valence electrons. The fourth-order valence-corrected chi connectivity index (χ4v) is 2.06. The smallest absolute Gasteiger partial charge is 0.216 e. The van der Waals surface area contributed by atoms with Gasteiger partial charge in [-0.25, -0.2) is 5.14 Å². The highest BCUT2D eigenvalue weighted by Gasteiger charge is 2.13. The van der Waals surface area contributed by atoms with Gasteiger partial charge in [-0.2, -0.15) is 13.1 Å². The summed E-state index contributed by atoms with van der Waals surface area (Å²) < 4.78 is 23.7. The quantitative estimate of drug-likeness (QED) is 0.825. The summed E-state index contributed by atoms with van der Waals surface area (Å²) in [5.74, 6) is 0. The molecule has 0 aromatic heterocycles. The van der Waals surface area contributed by atoms with E-state index in [4.69, 9.17) is 16.7 Å². The molecule has 0 aliphatic rings. The van der Waals surface area contributed by atoms with Gasteiger partial charge in [-0.1, -0.05) is 29.8 Å². The largest absolute Gasteiger partial charge is 0.274 e. The molecule has 0 amide bonds. The van der Waals surface area contributed by atoms with E-state index in [1.54, 1.807) is 31.2 Å². The summed E-state index contributed by atoms with van der Waals surface area (Å²) in [6, 6.07) is 6.56. The zero-order valence-corrected chi connectivity index (χ0v) is 9.14. The normalized spacial score (nSPS) is 13.9. The Morgan fingerprint density at radius 1 is 1.43 bits per heavy atom. The van der Waals surface area contributed by atoms with Crippen molar-refractivity contribution in [2.24, 2.45) is 5.14 Å². The fourth-order valence-electron chi connectivity index (χ4n) is 1.14. The third-order valence-electron chi connectivity index (χ3n) is 1.71. The van der Waals surface area contributed by atoms with E-state index in [9.17, 15) is 8.42 Å². The highest BCUT2D eigenvalue weighted by molar-refractivity contribution is 7.87. The lowest BCUT2D eigenvalue weighted by atomic mass is 10.1. The zero-order chi connectivity index (χ0) is 10.8. The second-order valence-electron chi connectivity index (χ2n) is 2.91. The molecule has 1 atom stereocenters. The van der Waals surface area contributed by atoms with Gasteiger partial charge < -0.3 is 0 Å². The van der Waals surface area contributed by atoms with E-state index in [2.05, 4.69) is 4.72 Å². The number of rotatable bonds is 3. The molecule has 0 unspecified atom stereocenters. The second-order valence-corrected chi connectivity index (χ2v) is 4.64. The van der Waals surface area contributed by atoms with Crippen LogP contribution in [0.15, 0.2) is 24.3 Å². The van der Waals surface area contributed by atoms with Crippen LogP contribution in [0.3, 0.4) is 0 Å². The van der Waals surface area contributed by atoms with Gasteiger partial charge in [0.2, 0.25) is 0 Å². The van der Waals surface area contributed by atoms with Crippen molar-refractivity contribution in [3.05, 3.63) is 34.9 Å². The minimum atomic E-state index is -3.70. The zero-order valence-electron chi connectivity index (χ0n) is 7.57. The van der Waals surface area contributed by atoms with Crippen molar-refractivity contribution in [1.82, 2.24) is 4.72 Å². The topological polar surface area (TPSA) is 72.2 Å². The van der Waals surface area contributed by atoms with Crippen LogP contribution in [0.1, 0.15) is 18.5 Å². The van der Waals surface area contributed by atoms with Crippen LogP contribution in [0, 0.1) is 0 Å². The van der Waals surface area contributed by atoms with E-state index in [0.29, 0.717) is 10.6 Å². The first-order valence-electron chi connectivity index (χ1n) is 3.94. The van der Waals surface area contributed by atoms with E-state index in [1.165, 1.54) is 0 Å². The lowest BCUT2D eigenvalue weighted by molar-refractivity contribution is 0.568. The Hall–Kier alpha value is -0.620. The molecular weight excluding hydrogens is 224 g/mol. The van der Waals surface area contributed by atoms with Crippen LogP contribution < -0.4 is 9.86 Å². The summed E-state index contributed by atoms with van der Waals surface area (Å²) in [6.45, 7) is 1.67. The van der Waals surface area contributed by atoms with Crippen LogP contribution >= 0.6 is 11.6 Å². The number of hydrogen-bond acceptors (Lipinski definition) is 2. The average molecular weight is 235 g/mol.